The number of rotatable bonds is 4. The van der Waals surface area contributed by atoms with E-state index in [9.17, 15) is 4.79 Å². The van der Waals surface area contributed by atoms with Crippen molar-refractivity contribution in [2.75, 3.05) is 23.7 Å². The van der Waals surface area contributed by atoms with Crippen molar-refractivity contribution in [2.45, 2.75) is 46.0 Å². The highest BCUT2D eigenvalue weighted by molar-refractivity contribution is 7.19. The average Bonchev–Trinajstić information content (AvgIpc) is 3.05. The Morgan fingerprint density at radius 2 is 2.05 bits per heavy atom. The summed E-state index contributed by atoms with van der Waals surface area (Å²) in [7, 11) is 0. The number of hydrogen-bond acceptors (Lipinski definition) is 4. The topological polar surface area (TPSA) is 46.3 Å². The first kappa shape index (κ1) is 13.9. The van der Waals surface area contributed by atoms with E-state index in [1.165, 1.54) is 29.8 Å². The highest BCUT2D eigenvalue weighted by Gasteiger charge is 2.36. The second-order valence-corrected chi connectivity index (χ2v) is 7.70. The van der Waals surface area contributed by atoms with E-state index < -0.39 is 0 Å². The number of anilines is 2. The van der Waals surface area contributed by atoms with Crippen molar-refractivity contribution in [1.82, 2.24) is 0 Å². The number of nitrogens with zero attached hydrogens (tertiary/aromatic N) is 1. The molecule has 1 unspecified atom stereocenters. The lowest BCUT2D eigenvalue weighted by Gasteiger charge is -2.18. The zero-order chi connectivity index (χ0) is 14.4. The van der Waals surface area contributed by atoms with Crippen LogP contribution >= 0.6 is 11.3 Å². The summed E-state index contributed by atoms with van der Waals surface area (Å²) in [5.74, 6) is 1.57. The molecule has 4 heteroatoms. The molecule has 20 heavy (non-hydrogen) atoms. The summed E-state index contributed by atoms with van der Waals surface area (Å²) >= 11 is 1.64. The number of Topliss-reactive ketones (excluding diaryl/α,β-unsaturated/α-hetero) is 1. The number of nitrogens with two attached hydrogens (primary N) is 1. The van der Waals surface area contributed by atoms with Gasteiger partial charge < -0.3 is 10.6 Å². The lowest BCUT2D eigenvalue weighted by atomic mass is 10.0. The van der Waals surface area contributed by atoms with Gasteiger partial charge in [0.15, 0.2) is 5.78 Å². The van der Waals surface area contributed by atoms with Gasteiger partial charge in [0.1, 0.15) is 0 Å². The van der Waals surface area contributed by atoms with Crippen LogP contribution in [0.5, 0.6) is 0 Å². The molecule has 2 aliphatic rings. The van der Waals surface area contributed by atoms with Crippen molar-refractivity contribution >= 4 is 27.8 Å². The van der Waals surface area contributed by atoms with E-state index in [2.05, 4.69) is 11.8 Å². The minimum absolute atomic E-state index is 0.0216. The molecule has 1 aliphatic carbocycles. The van der Waals surface area contributed by atoms with E-state index in [1.807, 2.05) is 13.8 Å². The van der Waals surface area contributed by atoms with Gasteiger partial charge in [-0.25, -0.2) is 0 Å². The Balaban J connectivity index is 2.00. The smallest absolute Gasteiger partial charge is 0.177 e. The zero-order valence-electron chi connectivity index (χ0n) is 12.6. The molecule has 0 bridgehead atoms. The predicted molar refractivity (Wildman–Crippen MR) is 85.9 cm³/mol. The largest absolute Gasteiger partial charge is 0.397 e. The van der Waals surface area contributed by atoms with E-state index in [0.29, 0.717) is 5.92 Å². The molecule has 1 saturated heterocycles. The second kappa shape index (κ2) is 5.06. The molecule has 1 aromatic heterocycles. The van der Waals surface area contributed by atoms with Crippen LogP contribution in [0.15, 0.2) is 0 Å². The van der Waals surface area contributed by atoms with Crippen molar-refractivity contribution in [2.24, 2.45) is 11.8 Å². The van der Waals surface area contributed by atoms with Gasteiger partial charge in [-0.3, -0.25) is 4.79 Å². The van der Waals surface area contributed by atoms with Crippen LogP contribution in [0.4, 0.5) is 10.7 Å². The highest BCUT2D eigenvalue weighted by Crippen LogP contribution is 2.52. The summed E-state index contributed by atoms with van der Waals surface area (Å²) in [4.78, 5) is 15.6. The molecule has 3 nitrogen and oxygen atoms in total. The van der Waals surface area contributed by atoms with E-state index in [-0.39, 0.29) is 11.7 Å². The molecule has 0 radical (unpaired) electrons. The molecule has 0 amide bonds. The highest BCUT2D eigenvalue weighted by atomic mass is 32.1. The average molecular weight is 292 g/mol. The van der Waals surface area contributed by atoms with E-state index >= 15 is 0 Å². The summed E-state index contributed by atoms with van der Waals surface area (Å²) < 4.78 is 0. The first-order valence-electron chi connectivity index (χ1n) is 7.70. The van der Waals surface area contributed by atoms with Crippen LogP contribution in [0.25, 0.3) is 0 Å². The van der Waals surface area contributed by atoms with E-state index in [4.69, 9.17) is 5.73 Å². The Morgan fingerprint density at radius 3 is 2.55 bits per heavy atom. The molecule has 2 heterocycles. The third kappa shape index (κ3) is 2.34. The van der Waals surface area contributed by atoms with Crippen LogP contribution in [0.2, 0.25) is 0 Å². The maximum absolute atomic E-state index is 12.4. The summed E-state index contributed by atoms with van der Waals surface area (Å²) in [5, 5.41) is 1.29. The molecule has 3 rings (SSSR count). The molecule has 110 valence electrons. The van der Waals surface area contributed by atoms with Crippen molar-refractivity contribution in [3.63, 3.8) is 0 Å². The fourth-order valence-electron chi connectivity index (χ4n) is 3.01. The van der Waals surface area contributed by atoms with Crippen LogP contribution in [-0.4, -0.2) is 18.9 Å². The number of carbonyl (C=O) groups excluding carboxylic acids is 1. The molecule has 1 atom stereocenters. The minimum atomic E-state index is 0.0216. The SMILES string of the molecule is CC1CCN(c2sc(C(=O)C(C)C)c(N)c2C2CC2)C1. The fourth-order valence-corrected chi connectivity index (χ4v) is 4.44. The predicted octanol–water partition coefficient (Wildman–Crippen LogP) is 3.89. The van der Waals surface area contributed by atoms with Crippen LogP contribution in [0, 0.1) is 11.8 Å². The van der Waals surface area contributed by atoms with Crippen LogP contribution in [-0.2, 0) is 0 Å². The summed E-state index contributed by atoms with van der Waals surface area (Å²) in [6.07, 6.45) is 3.70. The van der Waals surface area contributed by atoms with Crippen molar-refractivity contribution in [1.29, 1.82) is 0 Å². The van der Waals surface area contributed by atoms with Crippen molar-refractivity contribution in [3.8, 4) is 0 Å². The molecular weight excluding hydrogens is 268 g/mol. The molecule has 1 aromatic rings. The number of ketones is 1. The minimum Gasteiger partial charge on any atom is -0.397 e. The lowest BCUT2D eigenvalue weighted by Crippen LogP contribution is -2.19. The molecule has 1 aliphatic heterocycles. The molecule has 2 N–H and O–H groups in total. The van der Waals surface area contributed by atoms with Crippen molar-refractivity contribution < 1.29 is 4.79 Å². The third-order valence-corrected chi connectivity index (χ3v) is 5.71. The summed E-state index contributed by atoms with van der Waals surface area (Å²) in [6.45, 7) is 8.42. The van der Waals surface area contributed by atoms with Gasteiger partial charge in [0, 0.05) is 24.6 Å². The summed E-state index contributed by atoms with van der Waals surface area (Å²) in [5.41, 5.74) is 8.42. The van der Waals surface area contributed by atoms with Gasteiger partial charge in [-0.1, -0.05) is 20.8 Å². The van der Waals surface area contributed by atoms with Gasteiger partial charge in [0.2, 0.25) is 0 Å². The van der Waals surface area contributed by atoms with Gasteiger partial charge in [-0.05, 0) is 31.1 Å². The molecular formula is C16H24N2OS. The quantitative estimate of drug-likeness (QED) is 0.856. The maximum Gasteiger partial charge on any atom is 0.177 e. The van der Waals surface area contributed by atoms with Crippen LogP contribution in [0.3, 0.4) is 0 Å². The fraction of sp³-hybridized carbons (Fsp3) is 0.688. The van der Waals surface area contributed by atoms with Crippen LogP contribution < -0.4 is 10.6 Å². The molecule has 0 spiro atoms. The van der Waals surface area contributed by atoms with E-state index in [1.54, 1.807) is 11.3 Å². The number of carbonyl (C=O) groups is 1. The van der Waals surface area contributed by atoms with Crippen molar-refractivity contribution in [3.05, 3.63) is 10.4 Å². The first-order chi connectivity index (χ1) is 9.49. The molecule has 1 saturated carbocycles. The normalized spacial score (nSPS) is 22.8. The molecule has 0 aromatic carbocycles. The number of thiophene rings is 1. The van der Waals surface area contributed by atoms with Crippen LogP contribution in [0.1, 0.15) is 61.2 Å². The van der Waals surface area contributed by atoms with Gasteiger partial charge >= 0.3 is 0 Å². The standard InChI is InChI=1S/C16H24N2OS/c1-9(2)14(19)15-13(17)12(11-4-5-11)16(20-15)18-7-6-10(3)8-18/h9-11H,4-8,17H2,1-3H3. The Hall–Kier alpha value is -1.03. The molecule has 2 fully saturated rings. The van der Waals surface area contributed by atoms with E-state index in [0.717, 1.165) is 29.6 Å². The van der Waals surface area contributed by atoms with Gasteiger partial charge in [-0.2, -0.15) is 0 Å². The van der Waals surface area contributed by atoms with Gasteiger partial charge in [0.25, 0.3) is 0 Å². The van der Waals surface area contributed by atoms with Gasteiger partial charge in [-0.15, -0.1) is 11.3 Å². The number of nitrogen functional groups attached to an aromatic ring is 1. The Labute approximate surface area is 125 Å². The first-order valence-corrected chi connectivity index (χ1v) is 8.52. The third-order valence-electron chi connectivity index (χ3n) is 4.41. The zero-order valence-corrected chi connectivity index (χ0v) is 13.4. The monoisotopic (exact) mass is 292 g/mol. The Morgan fingerprint density at radius 1 is 1.35 bits per heavy atom. The lowest BCUT2D eigenvalue weighted by molar-refractivity contribution is 0.0944. The summed E-state index contributed by atoms with van der Waals surface area (Å²) in [6, 6.07) is 0. The Kier molecular flexibility index (Phi) is 3.53. The second-order valence-electron chi connectivity index (χ2n) is 6.70. The Bertz CT molecular complexity index is 531. The van der Waals surface area contributed by atoms with Gasteiger partial charge in [0.05, 0.1) is 15.6 Å². The maximum atomic E-state index is 12.4. The number of hydrogen-bond donors (Lipinski definition) is 1.